The van der Waals surface area contributed by atoms with E-state index in [4.69, 9.17) is 0 Å². The van der Waals surface area contributed by atoms with E-state index in [-0.39, 0.29) is 12.5 Å². The summed E-state index contributed by atoms with van der Waals surface area (Å²) >= 11 is 0. The molecule has 1 saturated heterocycles. The summed E-state index contributed by atoms with van der Waals surface area (Å²) in [5, 5.41) is 2.25. The van der Waals surface area contributed by atoms with Crippen LogP contribution in [0.2, 0.25) is 0 Å². The Morgan fingerprint density at radius 1 is 1.16 bits per heavy atom. The van der Waals surface area contributed by atoms with Gasteiger partial charge in [0, 0.05) is 13.1 Å². The van der Waals surface area contributed by atoms with Gasteiger partial charge in [0.1, 0.15) is 17.2 Å². The SMILES string of the molecule is O=C(NCC(=O)N1CCCC1)c1c(F)cccc1F. The number of nitrogens with one attached hydrogen (secondary N) is 1. The van der Waals surface area contributed by atoms with Gasteiger partial charge in [-0.05, 0) is 25.0 Å². The molecular formula is C13H14F2N2O2. The largest absolute Gasteiger partial charge is 0.343 e. The van der Waals surface area contributed by atoms with Gasteiger partial charge in [-0.2, -0.15) is 0 Å². The first-order chi connectivity index (χ1) is 9.09. The maximum atomic E-state index is 13.3. The van der Waals surface area contributed by atoms with Crippen LogP contribution in [0.15, 0.2) is 18.2 Å². The Hall–Kier alpha value is -1.98. The molecule has 1 aromatic rings. The molecule has 0 spiro atoms. The quantitative estimate of drug-likeness (QED) is 0.898. The fourth-order valence-corrected chi connectivity index (χ4v) is 2.04. The van der Waals surface area contributed by atoms with Crippen LogP contribution in [0.1, 0.15) is 23.2 Å². The molecule has 0 bridgehead atoms. The molecule has 4 nitrogen and oxygen atoms in total. The topological polar surface area (TPSA) is 49.4 Å². The van der Waals surface area contributed by atoms with Crippen molar-refractivity contribution in [3.8, 4) is 0 Å². The predicted octanol–water partition coefficient (Wildman–Crippen LogP) is 1.32. The van der Waals surface area contributed by atoms with Crippen molar-refractivity contribution >= 4 is 11.8 Å². The third-order valence-electron chi connectivity index (χ3n) is 3.05. The fourth-order valence-electron chi connectivity index (χ4n) is 2.04. The Balaban J connectivity index is 1.96. The average molecular weight is 268 g/mol. The summed E-state index contributed by atoms with van der Waals surface area (Å²) < 4.78 is 26.7. The van der Waals surface area contributed by atoms with E-state index in [2.05, 4.69) is 5.32 Å². The molecule has 0 radical (unpaired) electrons. The highest BCUT2D eigenvalue weighted by Gasteiger charge is 2.21. The summed E-state index contributed by atoms with van der Waals surface area (Å²) in [6.07, 6.45) is 1.89. The van der Waals surface area contributed by atoms with Crippen LogP contribution in [0.3, 0.4) is 0 Å². The van der Waals surface area contributed by atoms with E-state index in [1.165, 1.54) is 6.07 Å². The van der Waals surface area contributed by atoms with E-state index in [0.29, 0.717) is 13.1 Å². The molecule has 1 aliphatic rings. The third-order valence-corrected chi connectivity index (χ3v) is 3.05. The molecule has 2 amide bonds. The average Bonchev–Trinajstić information content (AvgIpc) is 2.89. The molecule has 0 aromatic heterocycles. The number of nitrogens with zero attached hydrogens (tertiary/aromatic N) is 1. The van der Waals surface area contributed by atoms with Crippen LogP contribution in [0.5, 0.6) is 0 Å². The van der Waals surface area contributed by atoms with Crippen molar-refractivity contribution < 1.29 is 18.4 Å². The van der Waals surface area contributed by atoms with Crippen molar-refractivity contribution in [1.29, 1.82) is 0 Å². The second kappa shape index (κ2) is 5.77. The maximum Gasteiger partial charge on any atom is 0.257 e. The molecule has 0 aliphatic carbocycles. The Labute approximate surface area is 109 Å². The fraction of sp³-hybridized carbons (Fsp3) is 0.385. The standard InChI is InChI=1S/C13H14F2N2O2/c14-9-4-3-5-10(15)12(9)13(19)16-8-11(18)17-6-1-2-7-17/h3-5H,1-2,6-8H2,(H,16,19). The van der Waals surface area contributed by atoms with Gasteiger partial charge in [0.05, 0.1) is 6.54 Å². The molecule has 0 saturated carbocycles. The van der Waals surface area contributed by atoms with Crippen molar-refractivity contribution in [2.45, 2.75) is 12.8 Å². The number of hydrogen-bond donors (Lipinski definition) is 1. The number of likely N-dealkylation sites (tertiary alicyclic amines) is 1. The lowest BCUT2D eigenvalue weighted by atomic mass is 10.2. The smallest absolute Gasteiger partial charge is 0.257 e. The molecule has 19 heavy (non-hydrogen) atoms. The zero-order valence-corrected chi connectivity index (χ0v) is 10.3. The molecule has 0 atom stereocenters. The van der Waals surface area contributed by atoms with Gasteiger partial charge in [0.15, 0.2) is 0 Å². The molecule has 1 heterocycles. The summed E-state index contributed by atoms with van der Waals surface area (Å²) in [6.45, 7) is 1.10. The number of rotatable bonds is 3. The summed E-state index contributed by atoms with van der Waals surface area (Å²) in [5.41, 5.74) is -0.656. The van der Waals surface area contributed by atoms with Crippen LogP contribution in [-0.4, -0.2) is 36.3 Å². The number of amides is 2. The molecule has 1 aliphatic heterocycles. The predicted molar refractivity (Wildman–Crippen MR) is 64.5 cm³/mol. The van der Waals surface area contributed by atoms with E-state index >= 15 is 0 Å². The van der Waals surface area contributed by atoms with E-state index in [1.54, 1.807) is 4.90 Å². The first-order valence-electron chi connectivity index (χ1n) is 6.09. The molecule has 0 unspecified atom stereocenters. The minimum atomic E-state index is -0.939. The number of halogens is 2. The zero-order chi connectivity index (χ0) is 13.8. The molecule has 6 heteroatoms. The molecular weight excluding hydrogens is 254 g/mol. The summed E-state index contributed by atoms with van der Waals surface area (Å²) in [7, 11) is 0. The van der Waals surface area contributed by atoms with Crippen LogP contribution in [0, 0.1) is 11.6 Å². The Morgan fingerprint density at radius 2 is 1.74 bits per heavy atom. The van der Waals surface area contributed by atoms with Crippen molar-refractivity contribution in [3.63, 3.8) is 0 Å². The Morgan fingerprint density at radius 3 is 2.32 bits per heavy atom. The lowest BCUT2D eigenvalue weighted by Gasteiger charge is -2.15. The number of carbonyl (C=O) groups is 2. The van der Waals surface area contributed by atoms with Gasteiger partial charge in [-0.25, -0.2) is 8.78 Å². The van der Waals surface area contributed by atoms with Crippen LogP contribution in [0.4, 0.5) is 8.78 Å². The summed E-state index contributed by atoms with van der Waals surface area (Å²) in [6, 6.07) is 3.18. The van der Waals surface area contributed by atoms with Crippen LogP contribution in [-0.2, 0) is 4.79 Å². The van der Waals surface area contributed by atoms with E-state index in [1.807, 2.05) is 0 Å². The van der Waals surface area contributed by atoms with E-state index in [9.17, 15) is 18.4 Å². The summed E-state index contributed by atoms with van der Waals surface area (Å²) in [5.74, 6) is -3.03. The second-order valence-electron chi connectivity index (χ2n) is 4.37. The Kier molecular flexibility index (Phi) is 4.09. The minimum Gasteiger partial charge on any atom is -0.343 e. The Bertz CT molecular complexity index is 479. The molecule has 1 N–H and O–H groups in total. The maximum absolute atomic E-state index is 13.3. The van der Waals surface area contributed by atoms with Gasteiger partial charge < -0.3 is 10.2 Å². The number of hydrogen-bond acceptors (Lipinski definition) is 2. The van der Waals surface area contributed by atoms with Gasteiger partial charge in [0.25, 0.3) is 5.91 Å². The lowest BCUT2D eigenvalue weighted by molar-refractivity contribution is -0.129. The molecule has 102 valence electrons. The first kappa shape index (κ1) is 13.5. The normalized spacial score (nSPS) is 14.5. The van der Waals surface area contributed by atoms with Crippen molar-refractivity contribution in [2.24, 2.45) is 0 Å². The zero-order valence-electron chi connectivity index (χ0n) is 10.3. The van der Waals surface area contributed by atoms with Gasteiger partial charge in [-0.1, -0.05) is 6.07 Å². The van der Waals surface area contributed by atoms with Crippen LogP contribution in [0.25, 0.3) is 0 Å². The first-order valence-corrected chi connectivity index (χ1v) is 6.09. The molecule has 1 aromatic carbocycles. The summed E-state index contributed by atoms with van der Waals surface area (Å²) in [4.78, 5) is 24.9. The van der Waals surface area contributed by atoms with Crippen LogP contribution < -0.4 is 5.32 Å². The number of carbonyl (C=O) groups excluding carboxylic acids is 2. The van der Waals surface area contributed by atoms with E-state index in [0.717, 1.165) is 25.0 Å². The molecule has 1 fully saturated rings. The van der Waals surface area contributed by atoms with E-state index < -0.39 is 23.1 Å². The molecule has 2 rings (SSSR count). The third kappa shape index (κ3) is 3.07. The monoisotopic (exact) mass is 268 g/mol. The van der Waals surface area contributed by atoms with Gasteiger partial charge in [-0.3, -0.25) is 9.59 Å². The highest BCUT2D eigenvalue weighted by atomic mass is 19.1. The second-order valence-corrected chi connectivity index (χ2v) is 4.37. The number of benzene rings is 1. The lowest BCUT2D eigenvalue weighted by Crippen LogP contribution is -2.39. The van der Waals surface area contributed by atoms with Crippen molar-refractivity contribution in [2.75, 3.05) is 19.6 Å². The van der Waals surface area contributed by atoms with Gasteiger partial charge in [-0.15, -0.1) is 0 Å². The highest BCUT2D eigenvalue weighted by molar-refractivity contribution is 5.96. The van der Waals surface area contributed by atoms with Crippen LogP contribution >= 0.6 is 0 Å². The highest BCUT2D eigenvalue weighted by Crippen LogP contribution is 2.12. The minimum absolute atomic E-state index is 0.234. The van der Waals surface area contributed by atoms with Crippen molar-refractivity contribution in [3.05, 3.63) is 35.4 Å². The van der Waals surface area contributed by atoms with Gasteiger partial charge in [0.2, 0.25) is 5.91 Å². The van der Waals surface area contributed by atoms with Gasteiger partial charge >= 0.3 is 0 Å². The van der Waals surface area contributed by atoms with Crippen molar-refractivity contribution in [1.82, 2.24) is 10.2 Å².